The molecule has 21 heavy (non-hydrogen) atoms. The van der Waals surface area contributed by atoms with Crippen molar-refractivity contribution in [3.63, 3.8) is 0 Å². The summed E-state index contributed by atoms with van der Waals surface area (Å²) in [5.74, 6) is 0. The summed E-state index contributed by atoms with van der Waals surface area (Å²) in [7, 11) is 0. The van der Waals surface area contributed by atoms with Crippen LogP contribution in [0.2, 0.25) is 0 Å². The predicted molar refractivity (Wildman–Crippen MR) is 63.6 cm³/mol. The van der Waals surface area contributed by atoms with Crippen molar-refractivity contribution in [1.29, 1.82) is 0 Å². The Labute approximate surface area is 115 Å². The standard InChI is InChI=1S/C14H9F7/c1-8-6-9-4-2-3-5-10(9)11(7-8)12(15,13(16,17)18)14(19,20)21/h2-7H,1H3. The zero-order valence-electron chi connectivity index (χ0n) is 10.6. The molecule has 0 aliphatic carbocycles. The van der Waals surface area contributed by atoms with Gasteiger partial charge in [-0.05, 0) is 17.7 Å². The molecule has 0 aromatic heterocycles. The first-order valence-corrected chi connectivity index (χ1v) is 5.80. The van der Waals surface area contributed by atoms with E-state index in [-0.39, 0.29) is 10.9 Å². The summed E-state index contributed by atoms with van der Waals surface area (Å²) in [5, 5.41) is -0.303. The lowest BCUT2D eigenvalue weighted by molar-refractivity contribution is -0.348. The Morgan fingerprint density at radius 1 is 0.762 bits per heavy atom. The molecule has 0 atom stereocenters. The molecule has 0 saturated heterocycles. The third kappa shape index (κ3) is 2.34. The van der Waals surface area contributed by atoms with Crippen molar-refractivity contribution in [3.8, 4) is 0 Å². The Bertz CT molecular complexity index is 653. The van der Waals surface area contributed by atoms with Gasteiger partial charge in [0.1, 0.15) is 0 Å². The van der Waals surface area contributed by atoms with E-state index in [0.717, 1.165) is 6.07 Å². The van der Waals surface area contributed by atoms with Gasteiger partial charge in [-0.25, -0.2) is 4.39 Å². The highest BCUT2D eigenvalue weighted by molar-refractivity contribution is 5.87. The van der Waals surface area contributed by atoms with Crippen molar-refractivity contribution >= 4 is 10.8 Å². The van der Waals surface area contributed by atoms with Crippen LogP contribution in [0.4, 0.5) is 30.7 Å². The molecular formula is C14H9F7. The number of aryl methyl sites for hydroxylation is 1. The molecular weight excluding hydrogens is 301 g/mol. The molecule has 0 aliphatic heterocycles. The van der Waals surface area contributed by atoms with E-state index in [1.165, 1.54) is 31.2 Å². The van der Waals surface area contributed by atoms with Gasteiger partial charge >= 0.3 is 18.0 Å². The van der Waals surface area contributed by atoms with Crippen LogP contribution in [0.25, 0.3) is 10.8 Å². The normalized spacial score (nSPS) is 13.7. The molecule has 0 heterocycles. The number of rotatable bonds is 1. The van der Waals surface area contributed by atoms with Crippen LogP contribution in [0, 0.1) is 6.92 Å². The first-order chi connectivity index (χ1) is 9.48. The van der Waals surface area contributed by atoms with Crippen LogP contribution in [0.3, 0.4) is 0 Å². The Hall–Kier alpha value is -1.79. The molecule has 0 radical (unpaired) electrons. The minimum Gasteiger partial charge on any atom is -0.218 e. The number of halogens is 7. The summed E-state index contributed by atoms with van der Waals surface area (Å²) >= 11 is 0. The third-order valence-corrected chi connectivity index (χ3v) is 3.16. The number of hydrogen-bond acceptors (Lipinski definition) is 0. The highest BCUT2D eigenvalue weighted by Crippen LogP contribution is 2.54. The maximum Gasteiger partial charge on any atom is 0.435 e. The van der Waals surface area contributed by atoms with Crippen LogP contribution in [0.5, 0.6) is 0 Å². The quantitative estimate of drug-likeness (QED) is 0.615. The number of benzene rings is 2. The highest BCUT2D eigenvalue weighted by atomic mass is 19.4. The smallest absolute Gasteiger partial charge is 0.218 e. The second kappa shape index (κ2) is 4.61. The van der Waals surface area contributed by atoms with Crippen LogP contribution < -0.4 is 0 Å². The van der Waals surface area contributed by atoms with Gasteiger partial charge in [0, 0.05) is 5.56 Å². The lowest BCUT2D eigenvalue weighted by Crippen LogP contribution is -2.50. The first-order valence-electron chi connectivity index (χ1n) is 5.80. The Balaban J connectivity index is 2.91. The molecule has 0 fully saturated rings. The monoisotopic (exact) mass is 310 g/mol. The highest BCUT2D eigenvalue weighted by Gasteiger charge is 2.73. The van der Waals surface area contributed by atoms with Crippen molar-refractivity contribution in [3.05, 3.63) is 47.5 Å². The maximum atomic E-state index is 14.2. The molecule has 0 bridgehead atoms. The zero-order valence-corrected chi connectivity index (χ0v) is 10.6. The molecule has 2 rings (SSSR count). The maximum absolute atomic E-state index is 14.2. The van der Waals surface area contributed by atoms with E-state index in [0.29, 0.717) is 6.07 Å². The van der Waals surface area contributed by atoms with Crippen LogP contribution in [0.15, 0.2) is 36.4 Å². The van der Waals surface area contributed by atoms with Gasteiger partial charge in [0.15, 0.2) is 0 Å². The summed E-state index contributed by atoms with van der Waals surface area (Å²) < 4.78 is 91.3. The number of alkyl halides is 7. The average molecular weight is 310 g/mol. The zero-order chi connectivity index (χ0) is 16.1. The molecule has 0 unspecified atom stereocenters. The fraction of sp³-hybridized carbons (Fsp3) is 0.286. The van der Waals surface area contributed by atoms with Gasteiger partial charge in [-0.15, -0.1) is 0 Å². The summed E-state index contributed by atoms with van der Waals surface area (Å²) in [4.78, 5) is 0. The first kappa shape index (κ1) is 15.6. The molecule has 0 N–H and O–H groups in total. The van der Waals surface area contributed by atoms with E-state index < -0.39 is 29.0 Å². The lowest BCUT2D eigenvalue weighted by atomic mass is 9.88. The van der Waals surface area contributed by atoms with Gasteiger partial charge in [0.05, 0.1) is 0 Å². The van der Waals surface area contributed by atoms with Crippen LogP contribution >= 0.6 is 0 Å². The molecule has 0 saturated carbocycles. The van der Waals surface area contributed by atoms with E-state index >= 15 is 0 Å². The third-order valence-electron chi connectivity index (χ3n) is 3.16. The summed E-state index contributed by atoms with van der Waals surface area (Å²) in [6.07, 6.45) is -12.2. The Morgan fingerprint density at radius 2 is 1.29 bits per heavy atom. The van der Waals surface area contributed by atoms with Gasteiger partial charge in [-0.2, -0.15) is 26.3 Å². The average Bonchev–Trinajstić information content (AvgIpc) is 2.34. The summed E-state index contributed by atoms with van der Waals surface area (Å²) in [5.41, 5.74) is -6.73. The molecule has 2 aromatic rings. The van der Waals surface area contributed by atoms with E-state index in [1.807, 2.05) is 0 Å². The minimum atomic E-state index is -6.11. The van der Waals surface area contributed by atoms with E-state index in [4.69, 9.17) is 0 Å². The molecule has 2 aromatic carbocycles. The van der Waals surface area contributed by atoms with Gasteiger partial charge in [-0.1, -0.05) is 42.0 Å². The van der Waals surface area contributed by atoms with Gasteiger partial charge in [-0.3, -0.25) is 0 Å². The summed E-state index contributed by atoms with van der Waals surface area (Å²) in [6.45, 7) is 1.31. The second-order valence-corrected chi connectivity index (χ2v) is 4.69. The molecule has 114 valence electrons. The number of hydrogen-bond donors (Lipinski definition) is 0. The van der Waals surface area contributed by atoms with Crippen LogP contribution in [-0.2, 0) is 5.67 Å². The lowest BCUT2D eigenvalue weighted by Gasteiger charge is -2.31. The fourth-order valence-corrected chi connectivity index (χ4v) is 2.21. The Morgan fingerprint density at radius 3 is 1.81 bits per heavy atom. The molecule has 0 aliphatic rings. The summed E-state index contributed by atoms with van der Waals surface area (Å²) in [6, 6.07) is 7.06. The fourth-order valence-electron chi connectivity index (χ4n) is 2.21. The Kier molecular flexibility index (Phi) is 3.42. The van der Waals surface area contributed by atoms with Gasteiger partial charge in [0.2, 0.25) is 0 Å². The van der Waals surface area contributed by atoms with Crippen LogP contribution in [0.1, 0.15) is 11.1 Å². The van der Waals surface area contributed by atoms with Gasteiger partial charge < -0.3 is 0 Å². The largest absolute Gasteiger partial charge is 0.435 e. The van der Waals surface area contributed by atoms with E-state index in [9.17, 15) is 30.7 Å². The molecule has 0 nitrogen and oxygen atoms in total. The predicted octanol–water partition coefficient (Wildman–Crippen LogP) is 5.44. The van der Waals surface area contributed by atoms with Crippen molar-refractivity contribution in [1.82, 2.24) is 0 Å². The second-order valence-electron chi connectivity index (χ2n) is 4.69. The minimum absolute atomic E-state index is 0.110. The van der Waals surface area contributed by atoms with Crippen molar-refractivity contribution in [2.24, 2.45) is 0 Å². The molecule has 7 heteroatoms. The number of fused-ring (bicyclic) bond motifs is 1. The molecule has 0 amide bonds. The van der Waals surface area contributed by atoms with E-state index in [2.05, 4.69) is 0 Å². The van der Waals surface area contributed by atoms with Crippen molar-refractivity contribution in [2.45, 2.75) is 24.9 Å². The van der Waals surface area contributed by atoms with E-state index in [1.54, 1.807) is 0 Å². The van der Waals surface area contributed by atoms with Gasteiger partial charge in [0.25, 0.3) is 0 Å². The molecule has 0 spiro atoms. The SMILES string of the molecule is Cc1cc(C(F)(C(F)(F)F)C(F)(F)F)c2ccccc2c1. The van der Waals surface area contributed by atoms with Crippen molar-refractivity contribution in [2.75, 3.05) is 0 Å². The van der Waals surface area contributed by atoms with Crippen molar-refractivity contribution < 1.29 is 30.7 Å². The van der Waals surface area contributed by atoms with Crippen LogP contribution in [-0.4, -0.2) is 12.4 Å². The topological polar surface area (TPSA) is 0 Å².